The minimum Gasteiger partial charge on any atom is -0.380 e. The summed E-state index contributed by atoms with van der Waals surface area (Å²) in [6.45, 7) is 9.59. The summed E-state index contributed by atoms with van der Waals surface area (Å²) in [6, 6.07) is 0.718. The number of ether oxygens (including phenoxy) is 1. The predicted octanol–water partition coefficient (Wildman–Crippen LogP) is 1.86. The minimum absolute atomic E-state index is 0.277. The molecule has 2 saturated heterocycles. The van der Waals surface area contributed by atoms with Crippen LogP contribution in [0.4, 0.5) is 0 Å². The van der Waals surface area contributed by atoms with Gasteiger partial charge in [0.05, 0.1) is 13.2 Å². The van der Waals surface area contributed by atoms with Gasteiger partial charge < -0.3 is 10.5 Å². The Kier molecular flexibility index (Phi) is 4.45. The van der Waals surface area contributed by atoms with Gasteiger partial charge in [-0.15, -0.1) is 0 Å². The van der Waals surface area contributed by atoms with Crippen LogP contribution in [-0.4, -0.2) is 43.8 Å². The number of nitrogens with two attached hydrogens (primary N) is 1. The molecule has 2 rings (SSSR count). The second kappa shape index (κ2) is 5.68. The van der Waals surface area contributed by atoms with Crippen LogP contribution in [-0.2, 0) is 4.74 Å². The standard InChI is InChI=1S/C14H28N2O/c1-3-4-5-6-12(2)16-7-13-8-17-11-14(13,9-15)10-16/h12-13H,3-11,15H2,1-2H3/t12?,13-,14+/m1/s1. The molecule has 0 aromatic heterocycles. The Bertz CT molecular complexity index is 246. The first-order valence-electron chi connectivity index (χ1n) is 7.23. The van der Waals surface area contributed by atoms with E-state index in [4.69, 9.17) is 10.5 Å². The first kappa shape index (κ1) is 13.3. The molecule has 2 aliphatic heterocycles. The van der Waals surface area contributed by atoms with Gasteiger partial charge in [0, 0.05) is 37.0 Å². The molecule has 0 amide bonds. The van der Waals surface area contributed by atoms with Crippen molar-refractivity contribution >= 4 is 0 Å². The van der Waals surface area contributed by atoms with Crippen molar-refractivity contribution in [2.24, 2.45) is 17.1 Å². The molecular weight excluding hydrogens is 212 g/mol. The Balaban J connectivity index is 1.84. The Labute approximate surface area is 106 Å². The molecule has 0 saturated carbocycles. The van der Waals surface area contributed by atoms with Crippen molar-refractivity contribution < 1.29 is 4.74 Å². The monoisotopic (exact) mass is 240 g/mol. The van der Waals surface area contributed by atoms with E-state index < -0.39 is 0 Å². The van der Waals surface area contributed by atoms with E-state index in [-0.39, 0.29) is 5.41 Å². The maximum atomic E-state index is 5.99. The molecule has 0 spiro atoms. The zero-order chi connectivity index (χ0) is 12.3. The van der Waals surface area contributed by atoms with Gasteiger partial charge in [-0.2, -0.15) is 0 Å². The summed E-state index contributed by atoms with van der Waals surface area (Å²) in [5.41, 5.74) is 6.26. The molecule has 3 heteroatoms. The molecule has 0 radical (unpaired) electrons. The van der Waals surface area contributed by atoms with Crippen LogP contribution in [0.25, 0.3) is 0 Å². The van der Waals surface area contributed by atoms with E-state index >= 15 is 0 Å². The Morgan fingerprint density at radius 3 is 2.94 bits per heavy atom. The molecule has 3 nitrogen and oxygen atoms in total. The highest BCUT2D eigenvalue weighted by Crippen LogP contribution is 2.41. The van der Waals surface area contributed by atoms with Crippen LogP contribution >= 0.6 is 0 Å². The lowest BCUT2D eigenvalue weighted by Gasteiger charge is -2.28. The lowest BCUT2D eigenvalue weighted by atomic mass is 9.81. The van der Waals surface area contributed by atoms with Crippen molar-refractivity contribution in [1.29, 1.82) is 0 Å². The lowest BCUT2D eigenvalue weighted by molar-refractivity contribution is 0.117. The molecule has 0 aromatic rings. The Morgan fingerprint density at radius 1 is 1.47 bits per heavy atom. The molecule has 2 N–H and O–H groups in total. The number of nitrogens with zero attached hydrogens (tertiary/aromatic N) is 1. The molecule has 17 heavy (non-hydrogen) atoms. The van der Waals surface area contributed by atoms with E-state index in [1.54, 1.807) is 0 Å². The van der Waals surface area contributed by atoms with Crippen molar-refractivity contribution in [2.75, 3.05) is 32.8 Å². The van der Waals surface area contributed by atoms with E-state index in [1.165, 1.54) is 32.2 Å². The highest BCUT2D eigenvalue weighted by Gasteiger charge is 2.50. The quantitative estimate of drug-likeness (QED) is 0.720. The Hall–Kier alpha value is -0.120. The molecule has 0 aromatic carbocycles. The summed E-state index contributed by atoms with van der Waals surface area (Å²) in [5.74, 6) is 0.682. The van der Waals surface area contributed by atoms with Gasteiger partial charge in [0.2, 0.25) is 0 Å². The fraction of sp³-hybridized carbons (Fsp3) is 1.00. The van der Waals surface area contributed by atoms with Crippen LogP contribution in [0.15, 0.2) is 0 Å². The van der Waals surface area contributed by atoms with E-state index in [0.717, 1.165) is 32.3 Å². The summed E-state index contributed by atoms with van der Waals surface area (Å²) in [4.78, 5) is 2.65. The highest BCUT2D eigenvalue weighted by atomic mass is 16.5. The van der Waals surface area contributed by atoms with Crippen LogP contribution in [0.3, 0.4) is 0 Å². The molecule has 100 valence electrons. The molecule has 2 heterocycles. The van der Waals surface area contributed by atoms with Gasteiger partial charge in [0.15, 0.2) is 0 Å². The van der Waals surface area contributed by atoms with Crippen LogP contribution in [0.5, 0.6) is 0 Å². The topological polar surface area (TPSA) is 38.5 Å². The SMILES string of the molecule is CCCCCC(C)N1C[C@@H]2COC[C@]2(CN)C1. The normalized spacial score (nSPS) is 35.1. The van der Waals surface area contributed by atoms with E-state index in [9.17, 15) is 0 Å². The third-order valence-electron chi connectivity index (χ3n) is 4.80. The van der Waals surface area contributed by atoms with Crippen LogP contribution in [0, 0.1) is 11.3 Å². The number of fused-ring (bicyclic) bond motifs is 1. The van der Waals surface area contributed by atoms with Gasteiger partial charge in [-0.05, 0) is 13.3 Å². The lowest BCUT2D eigenvalue weighted by Crippen LogP contribution is -2.39. The van der Waals surface area contributed by atoms with Crippen molar-refractivity contribution in [2.45, 2.75) is 45.6 Å². The van der Waals surface area contributed by atoms with Crippen molar-refractivity contribution in [3.63, 3.8) is 0 Å². The zero-order valence-electron chi connectivity index (χ0n) is 11.5. The number of likely N-dealkylation sites (tertiary alicyclic amines) is 1. The minimum atomic E-state index is 0.277. The maximum absolute atomic E-state index is 5.99. The molecular formula is C14H28N2O. The van der Waals surface area contributed by atoms with Crippen molar-refractivity contribution in [1.82, 2.24) is 4.90 Å². The summed E-state index contributed by atoms with van der Waals surface area (Å²) >= 11 is 0. The number of hydrogen-bond donors (Lipinski definition) is 1. The third kappa shape index (κ3) is 2.67. The van der Waals surface area contributed by atoms with Gasteiger partial charge in [-0.3, -0.25) is 4.90 Å². The molecule has 0 aliphatic carbocycles. The van der Waals surface area contributed by atoms with Gasteiger partial charge in [-0.25, -0.2) is 0 Å². The van der Waals surface area contributed by atoms with E-state index in [1.807, 2.05) is 0 Å². The smallest absolute Gasteiger partial charge is 0.0551 e. The number of unbranched alkanes of at least 4 members (excludes halogenated alkanes) is 2. The van der Waals surface area contributed by atoms with Crippen LogP contribution in [0.2, 0.25) is 0 Å². The first-order valence-corrected chi connectivity index (χ1v) is 7.23. The zero-order valence-corrected chi connectivity index (χ0v) is 11.5. The van der Waals surface area contributed by atoms with Crippen LogP contribution < -0.4 is 5.73 Å². The van der Waals surface area contributed by atoms with Gasteiger partial charge in [0.25, 0.3) is 0 Å². The van der Waals surface area contributed by atoms with Crippen LogP contribution in [0.1, 0.15) is 39.5 Å². The fourth-order valence-electron chi connectivity index (χ4n) is 3.37. The van der Waals surface area contributed by atoms with Gasteiger partial charge in [0.1, 0.15) is 0 Å². The summed E-state index contributed by atoms with van der Waals surface area (Å²) in [6.07, 6.45) is 5.38. The van der Waals surface area contributed by atoms with Gasteiger partial charge in [-0.1, -0.05) is 26.2 Å². The van der Waals surface area contributed by atoms with E-state index in [0.29, 0.717) is 5.92 Å². The summed E-state index contributed by atoms with van der Waals surface area (Å²) in [7, 11) is 0. The maximum Gasteiger partial charge on any atom is 0.0551 e. The molecule has 2 aliphatic rings. The first-order chi connectivity index (χ1) is 8.22. The summed E-state index contributed by atoms with van der Waals surface area (Å²) in [5, 5.41) is 0. The largest absolute Gasteiger partial charge is 0.380 e. The third-order valence-corrected chi connectivity index (χ3v) is 4.80. The number of hydrogen-bond acceptors (Lipinski definition) is 3. The average Bonchev–Trinajstić information content (AvgIpc) is 2.85. The second-order valence-electron chi connectivity index (χ2n) is 6.05. The highest BCUT2D eigenvalue weighted by molar-refractivity contribution is 5.01. The molecule has 2 fully saturated rings. The van der Waals surface area contributed by atoms with Gasteiger partial charge >= 0.3 is 0 Å². The predicted molar refractivity (Wildman–Crippen MR) is 71.0 cm³/mol. The molecule has 3 atom stereocenters. The molecule has 1 unspecified atom stereocenters. The van der Waals surface area contributed by atoms with E-state index in [2.05, 4.69) is 18.7 Å². The van der Waals surface area contributed by atoms with Crippen molar-refractivity contribution in [3.8, 4) is 0 Å². The average molecular weight is 240 g/mol. The Morgan fingerprint density at radius 2 is 2.29 bits per heavy atom. The molecule has 0 bridgehead atoms. The fourth-order valence-corrected chi connectivity index (χ4v) is 3.37. The number of rotatable bonds is 6. The second-order valence-corrected chi connectivity index (χ2v) is 6.05. The van der Waals surface area contributed by atoms with Crippen molar-refractivity contribution in [3.05, 3.63) is 0 Å². The summed E-state index contributed by atoms with van der Waals surface area (Å²) < 4.78 is 5.63.